The number of rotatable bonds is 3. The highest BCUT2D eigenvalue weighted by molar-refractivity contribution is 5.30. The predicted octanol–water partition coefficient (Wildman–Crippen LogP) is 3.44. The summed E-state index contributed by atoms with van der Waals surface area (Å²) in [7, 11) is 0. The minimum atomic E-state index is 0.859. The standard InChI is InChI=1S/C17H23N/c1-10-3-4-12(7-11(10)2)9-18-17-15-13-5-6-14(8-13)16(15)17/h3-4,7,13-18H,5-6,8-9H2,1-2H3. The summed E-state index contributed by atoms with van der Waals surface area (Å²) in [4.78, 5) is 0. The van der Waals surface area contributed by atoms with Crippen molar-refractivity contribution in [3.8, 4) is 0 Å². The van der Waals surface area contributed by atoms with Gasteiger partial charge in [-0.1, -0.05) is 18.2 Å². The van der Waals surface area contributed by atoms with Crippen molar-refractivity contribution in [2.75, 3.05) is 0 Å². The third-order valence-electron chi connectivity index (χ3n) is 5.85. The summed E-state index contributed by atoms with van der Waals surface area (Å²) >= 11 is 0. The summed E-state index contributed by atoms with van der Waals surface area (Å²) in [5.74, 6) is 4.26. The molecule has 4 unspecified atom stereocenters. The van der Waals surface area contributed by atoms with Gasteiger partial charge in [-0.05, 0) is 73.5 Å². The van der Waals surface area contributed by atoms with Crippen LogP contribution in [0.2, 0.25) is 0 Å². The van der Waals surface area contributed by atoms with Crippen LogP contribution in [0.15, 0.2) is 18.2 Å². The highest BCUT2D eigenvalue weighted by atomic mass is 15.0. The molecule has 1 aromatic rings. The fourth-order valence-electron chi connectivity index (χ4n) is 4.75. The summed E-state index contributed by atoms with van der Waals surface area (Å²) in [6, 6.07) is 7.74. The van der Waals surface area contributed by atoms with Gasteiger partial charge in [0, 0.05) is 12.6 Å². The van der Waals surface area contributed by atoms with E-state index in [1.54, 1.807) is 6.42 Å². The molecule has 0 heterocycles. The van der Waals surface area contributed by atoms with E-state index in [0.29, 0.717) is 0 Å². The quantitative estimate of drug-likeness (QED) is 0.855. The highest BCUT2D eigenvalue weighted by Crippen LogP contribution is 2.65. The van der Waals surface area contributed by atoms with Gasteiger partial charge in [-0.25, -0.2) is 0 Å². The Kier molecular flexibility index (Phi) is 2.35. The lowest BCUT2D eigenvalue weighted by Gasteiger charge is -2.11. The van der Waals surface area contributed by atoms with Crippen molar-refractivity contribution >= 4 is 0 Å². The van der Waals surface area contributed by atoms with Gasteiger partial charge in [0.2, 0.25) is 0 Å². The predicted molar refractivity (Wildman–Crippen MR) is 74.4 cm³/mol. The van der Waals surface area contributed by atoms with Crippen LogP contribution in [0.25, 0.3) is 0 Å². The Morgan fingerprint density at radius 2 is 1.78 bits per heavy atom. The topological polar surface area (TPSA) is 12.0 Å². The lowest BCUT2D eigenvalue weighted by molar-refractivity contribution is 0.456. The molecule has 3 fully saturated rings. The van der Waals surface area contributed by atoms with Crippen molar-refractivity contribution in [1.29, 1.82) is 0 Å². The number of hydrogen-bond acceptors (Lipinski definition) is 1. The SMILES string of the molecule is Cc1ccc(CNC2C3C4CCC(C4)C23)cc1C. The van der Waals surface area contributed by atoms with Crippen LogP contribution in [0.3, 0.4) is 0 Å². The highest BCUT2D eigenvalue weighted by Gasteiger charge is 2.64. The second-order valence-corrected chi connectivity index (χ2v) is 6.81. The van der Waals surface area contributed by atoms with Crippen molar-refractivity contribution in [2.24, 2.45) is 23.7 Å². The molecule has 0 saturated heterocycles. The smallest absolute Gasteiger partial charge is 0.0208 e. The van der Waals surface area contributed by atoms with Gasteiger partial charge in [-0.2, -0.15) is 0 Å². The van der Waals surface area contributed by atoms with Crippen molar-refractivity contribution in [3.05, 3.63) is 34.9 Å². The Morgan fingerprint density at radius 3 is 2.44 bits per heavy atom. The van der Waals surface area contributed by atoms with Crippen molar-refractivity contribution in [1.82, 2.24) is 5.32 Å². The van der Waals surface area contributed by atoms with Crippen molar-refractivity contribution < 1.29 is 0 Å². The molecular weight excluding hydrogens is 218 g/mol. The third-order valence-corrected chi connectivity index (χ3v) is 5.85. The Labute approximate surface area is 110 Å². The Bertz CT molecular complexity index is 462. The first-order valence-electron chi connectivity index (χ1n) is 7.53. The zero-order chi connectivity index (χ0) is 12.3. The number of aryl methyl sites for hydroxylation is 2. The minimum absolute atomic E-state index is 0.859. The fraction of sp³-hybridized carbons (Fsp3) is 0.647. The molecule has 3 aliphatic carbocycles. The van der Waals surface area contributed by atoms with Gasteiger partial charge in [-0.15, -0.1) is 0 Å². The maximum absolute atomic E-state index is 3.82. The van der Waals surface area contributed by atoms with Crippen LogP contribution in [-0.2, 0) is 6.54 Å². The molecule has 0 aliphatic heterocycles. The summed E-state index contributed by atoms with van der Waals surface area (Å²) in [5, 5.41) is 3.82. The lowest BCUT2D eigenvalue weighted by atomic mass is 10.0. The van der Waals surface area contributed by atoms with Gasteiger partial charge >= 0.3 is 0 Å². The number of fused-ring (bicyclic) bond motifs is 5. The van der Waals surface area contributed by atoms with E-state index in [9.17, 15) is 0 Å². The second-order valence-electron chi connectivity index (χ2n) is 6.81. The summed E-state index contributed by atoms with van der Waals surface area (Å²) in [6.45, 7) is 5.47. The Balaban J connectivity index is 1.39. The zero-order valence-corrected chi connectivity index (χ0v) is 11.4. The molecule has 2 bridgehead atoms. The first-order chi connectivity index (χ1) is 8.74. The van der Waals surface area contributed by atoms with Crippen LogP contribution < -0.4 is 5.32 Å². The van der Waals surface area contributed by atoms with E-state index in [4.69, 9.17) is 0 Å². The van der Waals surface area contributed by atoms with Crippen molar-refractivity contribution in [2.45, 2.75) is 45.7 Å². The lowest BCUT2D eigenvalue weighted by Crippen LogP contribution is -2.22. The zero-order valence-electron chi connectivity index (χ0n) is 11.4. The molecule has 0 radical (unpaired) electrons. The van der Waals surface area contributed by atoms with Gasteiger partial charge in [0.15, 0.2) is 0 Å². The van der Waals surface area contributed by atoms with Crippen molar-refractivity contribution in [3.63, 3.8) is 0 Å². The van der Waals surface area contributed by atoms with Gasteiger partial charge in [0.1, 0.15) is 0 Å². The average molecular weight is 241 g/mol. The maximum atomic E-state index is 3.82. The van der Waals surface area contributed by atoms with Gasteiger partial charge in [0.05, 0.1) is 0 Å². The molecule has 18 heavy (non-hydrogen) atoms. The molecular formula is C17H23N. The molecule has 1 aromatic carbocycles. The maximum Gasteiger partial charge on any atom is 0.0208 e. The molecule has 0 amide bonds. The number of hydrogen-bond donors (Lipinski definition) is 1. The van der Waals surface area contributed by atoms with E-state index in [-0.39, 0.29) is 0 Å². The third kappa shape index (κ3) is 1.56. The van der Waals surface area contributed by atoms with Crippen LogP contribution in [0, 0.1) is 37.5 Å². The summed E-state index contributed by atoms with van der Waals surface area (Å²) in [5.41, 5.74) is 4.28. The van der Waals surface area contributed by atoms with Crippen LogP contribution >= 0.6 is 0 Å². The molecule has 1 nitrogen and oxygen atoms in total. The molecule has 1 N–H and O–H groups in total. The van der Waals surface area contributed by atoms with Crippen LogP contribution in [0.4, 0.5) is 0 Å². The summed E-state index contributed by atoms with van der Waals surface area (Å²) in [6.07, 6.45) is 4.60. The van der Waals surface area contributed by atoms with E-state index >= 15 is 0 Å². The first kappa shape index (κ1) is 11.0. The molecule has 4 atom stereocenters. The first-order valence-corrected chi connectivity index (χ1v) is 7.53. The van der Waals surface area contributed by atoms with Crippen LogP contribution in [0.5, 0.6) is 0 Å². The molecule has 3 aliphatic rings. The Hall–Kier alpha value is -0.820. The fourth-order valence-corrected chi connectivity index (χ4v) is 4.75. The van der Waals surface area contributed by atoms with Gasteiger partial charge in [-0.3, -0.25) is 0 Å². The van der Waals surface area contributed by atoms with E-state index in [1.807, 2.05) is 0 Å². The minimum Gasteiger partial charge on any atom is -0.309 e. The largest absolute Gasteiger partial charge is 0.309 e. The van der Waals surface area contributed by atoms with E-state index in [0.717, 1.165) is 36.3 Å². The molecule has 0 spiro atoms. The average Bonchev–Trinajstić information content (AvgIpc) is 2.76. The molecule has 3 saturated carbocycles. The van der Waals surface area contributed by atoms with Gasteiger partial charge in [0.25, 0.3) is 0 Å². The number of nitrogens with one attached hydrogen (secondary N) is 1. The molecule has 96 valence electrons. The van der Waals surface area contributed by atoms with Crippen LogP contribution in [-0.4, -0.2) is 6.04 Å². The number of benzene rings is 1. The normalized spacial score (nSPS) is 40.0. The second kappa shape index (κ2) is 3.84. The van der Waals surface area contributed by atoms with E-state index < -0.39 is 0 Å². The molecule has 1 heteroatoms. The Morgan fingerprint density at radius 1 is 1.06 bits per heavy atom. The monoisotopic (exact) mass is 241 g/mol. The van der Waals surface area contributed by atoms with E-state index in [1.165, 1.54) is 29.5 Å². The van der Waals surface area contributed by atoms with Gasteiger partial charge < -0.3 is 5.32 Å². The summed E-state index contributed by atoms with van der Waals surface area (Å²) < 4.78 is 0. The van der Waals surface area contributed by atoms with E-state index in [2.05, 4.69) is 37.4 Å². The van der Waals surface area contributed by atoms with Crippen LogP contribution in [0.1, 0.15) is 36.0 Å². The molecule has 0 aromatic heterocycles. The molecule has 4 rings (SSSR count).